The van der Waals surface area contributed by atoms with Gasteiger partial charge in [0.1, 0.15) is 0 Å². The SMILES string of the molecule is C1=Cc2cc[nH]c2/C=C\C=C/1. The summed E-state index contributed by atoms with van der Waals surface area (Å²) in [6.45, 7) is 0. The largest absolute Gasteiger partial charge is 0.361 e. The minimum atomic E-state index is 1.17. The Kier molecular flexibility index (Phi) is 1.48. The molecular formula is C10H9N. The maximum atomic E-state index is 3.15. The summed E-state index contributed by atoms with van der Waals surface area (Å²) in [4.78, 5) is 3.15. The summed E-state index contributed by atoms with van der Waals surface area (Å²) in [6.07, 6.45) is 14.2. The molecule has 0 amide bonds. The lowest BCUT2D eigenvalue weighted by atomic mass is 10.2. The second-order valence-corrected chi connectivity index (χ2v) is 2.45. The predicted molar refractivity (Wildman–Crippen MR) is 48.0 cm³/mol. The molecule has 1 aromatic rings. The lowest BCUT2D eigenvalue weighted by molar-refractivity contribution is 1.37. The van der Waals surface area contributed by atoms with E-state index in [-0.39, 0.29) is 0 Å². The lowest BCUT2D eigenvalue weighted by Crippen LogP contribution is -1.75. The highest BCUT2D eigenvalue weighted by Crippen LogP contribution is 2.12. The number of aromatic amines is 1. The average molecular weight is 143 g/mol. The fraction of sp³-hybridized carbons (Fsp3) is 0. The molecule has 0 aromatic carbocycles. The van der Waals surface area contributed by atoms with Crippen LogP contribution in [0.25, 0.3) is 12.2 Å². The summed E-state index contributed by atoms with van der Waals surface area (Å²) >= 11 is 0. The van der Waals surface area contributed by atoms with Crippen LogP contribution in [0.4, 0.5) is 0 Å². The molecule has 0 saturated carbocycles. The van der Waals surface area contributed by atoms with Crippen LogP contribution in [0, 0.1) is 0 Å². The van der Waals surface area contributed by atoms with Gasteiger partial charge in [0.15, 0.2) is 0 Å². The van der Waals surface area contributed by atoms with Crippen LogP contribution in [-0.2, 0) is 0 Å². The molecule has 1 nitrogen and oxygen atoms in total. The van der Waals surface area contributed by atoms with E-state index >= 15 is 0 Å². The highest BCUT2D eigenvalue weighted by Gasteiger charge is 1.94. The van der Waals surface area contributed by atoms with Gasteiger partial charge in [0.2, 0.25) is 0 Å². The van der Waals surface area contributed by atoms with Crippen molar-refractivity contribution in [2.45, 2.75) is 0 Å². The number of rotatable bonds is 0. The van der Waals surface area contributed by atoms with E-state index in [0.29, 0.717) is 0 Å². The number of aromatic nitrogens is 1. The van der Waals surface area contributed by atoms with E-state index in [1.807, 2.05) is 30.5 Å². The fourth-order valence-electron chi connectivity index (χ4n) is 1.12. The standard InChI is InChI=1S/C10H9N/c1-2-4-6-10-9(5-3-1)7-8-11-10/h1-8,11H/b2-1-,3-1?,4-2?,5-3?,6-4-,9-5?,10-6?. The Labute approximate surface area is 65.8 Å². The van der Waals surface area contributed by atoms with Gasteiger partial charge in [0.25, 0.3) is 0 Å². The van der Waals surface area contributed by atoms with E-state index < -0.39 is 0 Å². The lowest BCUT2D eigenvalue weighted by Gasteiger charge is -1.92. The van der Waals surface area contributed by atoms with Crippen LogP contribution < -0.4 is 0 Å². The van der Waals surface area contributed by atoms with E-state index in [2.05, 4.69) is 23.2 Å². The van der Waals surface area contributed by atoms with Gasteiger partial charge in [-0.15, -0.1) is 0 Å². The Morgan fingerprint density at radius 3 is 2.64 bits per heavy atom. The summed E-state index contributed by atoms with van der Waals surface area (Å²) in [7, 11) is 0. The highest BCUT2D eigenvalue weighted by atomic mass is 14.7. The summed E-state index contributed by atoms with van der Waals surface area (Å²) in [5.41, 5.74) is 2.41. The molecule has 0 unspecified atom stereocenters. The van der Waals surface area contributed by atoms with Crippen molar-refractivity contribution >= 4 is 12.2 Å². The Balaban J connectivity index is 2.52. The van der Waals surface area contributed by atoms with Crippen LogP contribution in [-0.4, -0.2) is 4.98 Å². The highest BCUT2D eigenvalue weighted by molar-refractivity contribution is 5.65. The van der Waals surface area contributed by atoms with Crippen molar-refractivity contribution in [3.63, 3.8) is 0 Å². The molecule has 54 valence electrons. The monoisotopic (exact) mass is 143 g/mol. The number of H-pyrrole nitrogens is 1. The van der Waals surface area contributed by atoms with Gasteiger partial charge in [0, 0.05) is 11.9 Å². The topological polar surface area (TPSA) is 15.8 Å². The van der Waals surface area contributed by atoms with E-state index in [4.69, 9.17) is 0 Å². The molecule has 0 saturated heterocycles. The van der Waals surface area contributed by atoms with Gasteiger partial charge in [-0.25, -0.2) is 0 Å². The zero-order chi connectivity index (χ0) is 7.52. The molecule has 11 heavy (non-hydrogen) atoms. The number of fused-ring (bicyclic) bond motifs is 1. The van der Waals surface area contributed by atoms with Crippen molar-refractivity contribution in [1.29, 1.82) is 0 Å². The molecule has 1 heteroatoms. The van der Waals surface area contributed by atoms with Crippen LogP contribution in [0.15, 0.2) is 36.6 Å². The van der Waals surface area contributed by atoms with Crippen molar-refractivity contribution < 1.29 is 0 Å². The van der Waals surface area contributed by atoms with Crippen LogP contribution in [0.5, 0.6) is 0 Å². The first-order valence-electron chi connectivity index (χ1n) is 3.65. The normalized spacial score (nSPS) is 20.0. The van der Waals surface area contributed by atoms with Crippen molar-refractivity contribution in [3.8, 4) is 0 Å². The molecule has 1 heterocycles. The molecule has 0 spiro atoms. The van der Waals surface area contributed by atoms with Crippen molar-refractivity contribution in [2.75, 3.05) is 0 Å². The zero-order valence-electron chi connectivity index (χ0n) is 6.12. The quantitative estimate of drug-likeness (QED) is 0.574. The molecule has 0 radical (unpaired) electrons. The molecule has 0 aliphatic heterocycles. The zero-order valence-corrected chi connectivity index (χ0v) is 6.12. The van der Waals surface area contributed by atoms with Gasteiger partial charge < -0.3 is 4.98 Å². The molecular weight excluding hydrogens is 134 g/mol. The Hall–Kier alpha value is -1.50. The molecule has 2 rings (SSSR count). The van der Waals surface area contributed by atoms with E-state index in [1.54, 1.807) is 0 Å². The molecule has 1 aliphatic carbocycles. The summed E-state index contributed by atoms with van der Waals surface area (Å²) < 4.78 is 0. The smallest absolute Gasteiger partial charge is 0.0453 e. The second kappa shape index (κ2) is 2.62. The van der Waals surface area contributed by atoms with Gasteiger partial charge >= 0.3 is 0 Å². The second-order valence-electron chi connectivity index (χ2n) is 2.45. The molecule has 0 bridgehead atoms. The number of hydrogen-bond acceptors (Lipinski definition) is 0. The minimum absolute atomic E-state index is 1.17. The van der Waals surface area contributed by atoms with Crippen LogP contribution in [0.2, 0.25) is 0 Å². The average Bonchev–Trinajstić information content (AvgIpc) is 2.35. The molecule has 0 fully saturated rings. The van der Waals surface area contributed by atoms with E-state index in [0.717, 1.165) is 0 Å². The maximum Gasteiger partial charge on any atom is 0.0453 e. The number of nitrogens with one attached hydrogen (secondary N) is 1. The Morgan fingerprint density at radius 1 is 0.909 bits per heavy atom. The van der Waals surface area contributed by atoms with Crippen LogP contribution in [0.1, 0.15) is 11.3 Å². The third-order valence-electron chi connectivity index (χ3n) is 1.68. The Bertz CT molecular complexity index is 296. The van der Waals surface area contributed by atoms with E-state index in [1.165, 1.54) is 11.3 Å². The van der Waals surface area contributed by atoms with Gasteiger partial charge in [-0.3, -0.25) is 0 Å². The van der Waals surface area contributed by atoms with E-state index in [9.17, 15) is 0 Å². The molecule has 1 aromatic heterocycles. The maximum absolute atomic E-state index is 3.15. The Morgan fingerprint density at radius 2 is 1.73 bits per heavy atom. The van der Waals surface area contributed by atoms with Gasteiger partial charge in [-0.2, -0.15) is 0 Å². The van der Waals surface area contributed by atoms with Crippen LogP contribution >= 0.6 is 0 Å². The minimum Gasteiger partial charge on any atom is -0.361 e. The van der Waals surface area contributed by atoms with Gasteiger partial charge in [0.05, 0.1) is 0 Å². The summed E-state index contributed by atoms with van der Waals surface area (Å²) in [6, 6.07) is 2.06. The first-order valence-corrected chi connectivity index (χ1v) is 3.65. The molecule has 1 aliphatic rings. The third kappa shape index (κ3) is 1.17. The number of hydrogen-bond donors (Lipinski definition) is 1. The molecule has 1 N–H and O–H groups in total. The first kappa shape index (κ1) is 6.23. The van der Waals surface area contributed by atoms with Crippen LogP contribution in [0.3, 0.4) is 0 Å². The predicted octanol–water partition coefficient (Wildman–Crippen LogP) is 2.61. The first-order chi connectivity index (χ1) is 5.47. The third-order valence-corrected chi connectivity index (χ3v) is 1.68. The summed E-state index contributed by atoms with van der Waals surface area (Å²) in [5, 5.41) is 0. The summed E-state index contributed by atoms with van der Waals surface area (Å²) in [5.74, 6) is 0. The van der Waals surface area contributed by atoms with Gasteiger partial charge in [-0.1, -0.05) is 30.4 Å². The van der Waals surface area contributed by atoms with Crippen molar-refractivity contribution in [2.24, 2.45) is 0 Å². The molecule has 0 atom stereocenters. The number of allylic oxidation sites excluding steroid dienone is 4. The van der Waals surface area contributed by atoms with Crippen molar-refractivity contribution in [3.05, 3.63) is 47.8 Å². The van der Waals surface area contributed by atoms with Gasteiger partial charge in [-0.05, 0) is 17.7 Å². The fourth-order valence-corrected chi connectivity index (χ4v) is 1.12. The van der Waals surface area contributed by atoms with Crippen molar-refractivity contribution in [1.82, 2.24) is 4.98 Å².